The lowest BCUT2D eigenvalue weighted by atomic mass is 10.1. The number of carbonyl (C=O) groups is 1. The number of aromatic nitrogens is 5. The van der Waals surface area contributed by atoms with Crippen LogP contribution in [-0.2, 0) is 13.6 Å². The van der Waals surface area contributed by atoms with E-state index >= 15 is 0 Å². The largest absolute Gasteiger partial charge is 0.476 e. The van der Waals surface area contributed by atoms with Gasteiger partial charge in [-0.1, -0.05) is 19.1 Å². The predicted molar refractivity (Wildman–Crippen MR) is 64.0 cm³/mol. The topological polar surface area (TPSA) is 85.8 Å². The van der Waals surface area contributed by atoms with Gasteiger partial charge in [0.2, 0.25) is 0 Å². The Morgan fingerprint density at radius 2 is 2.22 bits per heavy atom. The summed E-state index contributed by atoms with van der Waals surface area (Å²) in [5.41, 5.74) is 1.17. The molecule has 2 rings (SSSR count). The zero-order chi connectivity index (χ0) is 13.3. The summed E-state index contributed by atoms with van der Waals surface area (Å²) in [5.74, 6) is -0.729. The first-order valence-corrected chi connectivity index (χ1v) is 5.65. The Bertz CT molecular complexity index is 570. The van der Waals surface area contributed by atoms with Crippen molar-refractivity contribution in [1.82, 2.24) is 24.8 Å². The van der Waals surface area contributed by atoms with Gasteiger partial charge in [-0.05, 0) is 5.92 Å². The van der Waals surface area contributed by atoms with Gasteiger partial charge in [0.05, 0.1) is 6.20 Å². The van der Waals surface area contributed by atoms with Crippen molar-refractivity contribution in [2.24, 2.45) is 13.0 Å². The number of carboxylic acid groups (broad SMARTS) is 1. The Labute approximate surface area is 104 Å². The zero-order valence-corrected chi connectivity index (χ0v) is 10.5. The minimum Gasteiger partial charge on any atom is -0.476 e. The summed E-state index contributed by atoms with van der Waals surface area (Å²) in [4.78, 5) is 11.2. The molecule has 0 spiro atoms. The Morgan fingerprint density at radius 3 is 2.72 bits per heavy atom. The quantitative estimate of drug-likeness (QED) is 0.874. The molecule has 0 aliphatic heterocycles. The van der Waals surface area contributed by atoms with E-state index in [0.29, 0.717) is 23.7 Å². The zero-order valence-electron chi connectivity index (χ0n) is 10.5. The van der Waals surface area contributed by atoms with Crippen molar-refractivity contribution in [3.8, 4) is 11.3 Å². The highest BCUT2D eigenvalue weighted by atomic mass is 16.4. The molecule has 0 bridgehead atoms. The van der Waals surface area contributed by atoms with Crippen LogP contribution in [-0.4, -0.2) is 35.9 Å². The molecular formula is C11H15N5O2. The smallest absolute Gasteiger partial charge is 0.358 e. The number of rotatable bonds is 4. The summed E-state index contributed by atoms with van der Waals surface area (Å²) >= 11 is 0. The van der Waals surface area contributed by atoms with Gasteiger partial charge in [-0.15, -0.1) is 5.10 Å². The molecule has 2 heterocycles. The maximum Gasteiger partial charge on any atom is 0.358 e. The maximum absolute atomic E-state index is 11.2. The number of hydrogen-bond donors (Lipinski definition) is 1. The number of hydrogen-bond acceptors (Lipinski definition) is 4. The molecule has 0 saturated heterocycles. The summed E-state index contributed by atoms with van der Waals surface area (Å²) in [6.45, 7) is 4.69. The van der Waals surface area contributed by atoms with Crippen LogP contribution < -0.4 is 0 Å². The van der Waals surface area contributed by atoms with E-state index in [4.69, 9.17) is 5.11 Å². The molecule has 0 amide bonds. The van der Waals surface area contributed by atoms with Crippen LogP contribution in [0, 0.1) is 5.92 Å². The molecule has 0 saturated carbocycles. The van der Waals surface area contributed by atoms with Gasteiger partial charge in [0.25, 0.3) is 0 Å². The van der Waals surface area contributed by atoms with Crippen molar-refractivity contribution >= 4 is 5.97 Å². The van der Waals surface area contributed by atoms with Gasteiger partial charge in [0.15, 0.2) is 5.69 Å². The third-order valence-electron chi connectivity index (χ3n) is 2.45. The normalized spacial score (nSPS) is 11.1. The molecular weight excluding hydrogens is 234 g/mol. The minimum absolute atomic E-state index is 0.0383. The summed E-state index contributed by atoms with van der Waals surface area (Å²) in [7, 11) is 1.78. The average Bonchev–Trinajstić information content (AvgIpc) is 2.83. The van der Waals surface area contributed by atoms with E-state index in [1.165, 1.54) is 0 Å². The monoisotopic (exact) mass is 249 g/mol. The summed E-state index contributed by atoms with van der Waals surface area (Å²) in [5, 5.41) is 20.8. The SMILES string of the molecule is CC(C)Cn1nnc(C(=O)O)c1-c1cnn(C)c1. The average molecular weight is 249 g/mol. The molecule has 0 aliphatic rings. The van der Waals surface area contributed by atoms with E-state index in [-0.39, 0.29) is 5.69 Å². The van der Waals surface area contributed by atoms with Crippen LogP contribution >= 0.6 is 0 Å². The fourth-order valence-corrected chi connectivity index (χ4v) is 1.76. The van der Waals surface area contributed by atoms with Crippen molar-refractivity contribution in [3.05, 3.63) is 18.1 Å². The van der Waals surface area contributed by atoms with E-state index in [1.54, 1.807) is 28.8 Å². The molecule has 0 atom stereocenters. The lowest BCUT2D eigenvalue weighted by Gasteiger charge is -2.07. The van der Waals surface area contributed by atoms with Crippen LogP contribution in [0.15, 0.2) is 12.4 Å². The second-order valence-electron chi connectivity index (χ2n) is 4.57. The van der Waals surface area contributed by atoms with Gasteiger partial charge in [-0.3, -0.25) is 4.68 Å². The number of aromatic carboxylic acids is 1. The molecule has 0 radical (unpaired) electrons. The molecule has 7 nitrogen and oxygen atoms in total. The lowest BCUT2D eigenvalue weighted by Crippen LogP contribution is -2.08. The van der Waals surface area contributed by atoms with Gasteiger partial charge in [0.1, 0.15) is 5.69 Å². The van der Waals surface area contributed by atoms with Crippen molar-refractivity contribution in [2.75, 3.05) is 0 Å². The van der Waals surface area contributed by atoms with E-state index < -0.39 is 5.97 Å². The Balaban J connectivity index is 2.53. The summed E-state index contributed by atoms with van der Waals surface area (Å²) in [6.07, 6.45) is 3.36. The van der Waals surface area contributed by atoms with Gasteiger partial charge in [-0.25, -0.2) is 9.48 Å². The highest BCUT2D eigenvalue weighted by Gasteiger charge is 2.21. The van der Waals surface area contributed by atoms with Crippen LogP contribution in [0.5, 0.6) is 0 Å². The highest BCUT2D eigenvalue weighted by molar-refractivity contribution is 5.92. The van der Waals surface area contributed by atoms with E-state index in [2.05, 4.69) is 15.4 Å². The van der Waals surface area contributed by atoms with E-state index in [1.807, 2.05) is 13.8 Å². The van der Waals surface area contributed by atoms with Crippen molar-refractivity contribution in [1.29, 1.82) is 0 Å². The van der Waals surface area contributed by atoms with Gasteiger partial charge in [-0.2, -0.15) is 5.10 Å². The minimum atomic E-state index is -1.08. The second kappa shape index (κ2) is 4.59. The van der Waals surface area contributed by atoms with Crippen LogP contribution in [0.25, 0.3) is 11.3 Å². The molecule has 0 aliphatic carbocycles. The van der Waals surface area contributed by atoms with Crippen LogP contribution in [0.2, 0.25) is 0 Å². The van der Waals surface area contributed by atoms with Gasteiger partial charge in [0, 0.05) is 25.4 Å². The van der Waals surface area contributed by atoms with Crippen molar-refractivity contribution < 1.29 is 9.90 Å². The third-order valence-corrected chi connectivity index (χ3v) is 2.45. The van der Waals surface area contributed by atoms with Crippen LogP contribution in [0.1, 0.15) is 24.3 Å². The first-order valence-electron chi connectivity index (χ1n) is 5.65. The van der Waals surface area contributed by atoms with Crippen LogP contribution in [0.3, 0.4) is 0 Å². The molecule has 2 aromatic heterocycles. The summed E-state index contributed by atoms with van der Waals surface area (Å²) in [6, 6.07) is 0. The molecule has 0 fully saturated rings. The fourth-order valence-electron chi connectivity index (χ4n) is 1.76. The second-order valence-corrected chi connectivity index (χ2v) is 4.57. The van der Waals surface area contributed by atoms with E-state index in [0.717, 1.165) is 0 Å². The van der Waals surface area contributed by atoms with Crippen molar-refractivity contribution in [3.63, 3.8) is 0 Å². The Morgan fingerprint density at radius 1 is 1.50 bits per heavy atom. The molecule has 7 heteroatoms. The molecule has 0 unspecified atom stereocenters. The lowest BCUT2D eigenvalue weighted by molar-refractivity contribution is 0.0691. The first kappa shape index (κ1) is 12.3. The molecule has 18 heavy (non-hydrogen) atoms. The predicted octanol–water partition coefficient (Wildman–Crippen LogP) is 1.03. The molecule has 0 aromatic carbocycles. The molecule has 1 N–H and O–H groups in total. The highest BCUT2D eigenvalue weighted by Crippen LogP contribution is 2.22. The standard InChI is InChI=1S/C11H15N5O2/c1-7(2)5-16-10(8-4-12-15(3)6-8)9(11(17)18)13-14-16/h4,6-7H,5H2,1-3H3,(H,17,18). The van der Waals surface area contributed by atoms with Gasteiger partial charge < -0.3 is 5.11 Å². The maximum atomic E-state index is 11.2. The Kier molecular flexibility index (Phi) is 3.14. The molecule has 96 valence electrons. The summed E-state index contributed by atoms with van der Waals surface area (Å²) < 4.78 is 3.23. The van der Waals surface area contributed by atoms with Gasteiger partial charge >= 0.3 is 5.97 Å². The van der Waals surface area contributed by atoms with E-state index in [9.17, 15) is 4.79 Å². The Hall–Kier alpha value is -2.18. The van der Waals surface area contributed by atoms with Crippen molar-refractivity contribution in [2.45, 2.75) is 20.4 Å². The number of carboxylic acids is 1. The number of nitrogens with zero attached hydrogens (tertiary/aromatic N) is 5. The number of aryl methyl sites for hydroxylation is 1. The third kappa shape index (κ3) is 2.24. The first-order chi connectivity index (χ1) is 8.49. The molecule has 2 aromatic rings. The fraction of sp³-hybridized carbons (Fsp3) is 0.455. The van der Waals surface area contributed by atoms with Crippen LogP contribution in [0.4, 0.5) is 0 Å².